The van der Waals surface area contributed by atoms with E-state index in [4.69, 9.17) is 0 Å². The molecule has 0 heterocycles. The summed E-state index contributed by atoms with van der Waals surface area (Å²) in [7, 11) is 0. The number of aryl methyl sites for hydroxylation is 2. The van der Waals surface area contributed by atoms with E-state index in [1.165, 1.54) is 24.5 Å². The minimum absolute atomic E-state index is 0.202. The zero-order valence-corrected chi connectivity index (χ0v) is 12.0. The van der Waals surface area contributed by atoms with Gasteiger partial charge in [-0.25, -0.2) is 4.39 Å². The van der Waals surface area contributed by atoms with Crippen molar-refractivity contribution < 1.29 is 4.39 Å². The molecule has 0 nitrogen and oxygen atoms in total. The monoisotopic (exact) mass is 266 g/mol. The minimum Gasteiger partial charge on any atom is -0.207 e. The van der Waals surface area contributed by atoms with Gasteiger partial charge in [-0.05, 0) is 55.2 Å². The van der Waals surface area contributed by atoms with Gasteiger partial charge in [0.05, 0.1) is 0 Å². The lowest BCUT2D eigenvalue weighted by Gasteiger charge is -1.99. The number of hydrogen-bond acceptors (Lipinski definition) is 0. The molecule has 2 aromatic rings. The molecule has 0 fully saturated rings. The van der Waals surface area contributed by atoms with Crippen LogP contribution < -0.4 is 0 Å². The lowest BCUT2D eigenvalue weighted by atomic mass is 10.1. The molecular weight excluding hydrogens is 247 g/mol. The molecule has 0 amide bonds. The largest absolute Gasteiger partial charge is 0.207 e. The maximum atomic E-state index is 13.4. The van der Waals surface area contributed by atoms with Crippen molar-refractivity contribution in [2.24, 2.45) is 0 Å². The summed E-state index contributed by atoms with van der Waals surface area (Å²) in [4.78, 5) is 0. The molecule has 0 saturated heterocycles. The van der Waals surface area contributed by atoms with E-state index in [0.717, 1.165) is 12.0 Å². The van der Waals surface area contributed by atoms with Crippen molar-refractivity contribution in [2.45, 2.75) is 33.1 Å². The third-order valence-corrected chi connectivity index (χ3v) is 3.30. The van der Waals surface area contributed by atoms with E-state index in [0.29, 0.717) is 11.1 Å². The molecule has 0 aliphatic carbocycles. The summed E-state index contributed by atoms with van der Waals surface area (Å²) in [6.45, 7) is 3.95. The van der Waals surface area contributed by atoms with Gasteiger partial charge in [0.25, 0.3) is 0 Å². The summed E-state index contributed by atoms with van der Waals surface area (Å²) in [6, 6.07) is 13.4. The molecule has 0 aliphatic rings. The van der Waals surface area contributed by atoms with Gasteiger partial charge < -0.3 is 0 Å². The van der Waals surface area contributed by atoms with Crippen LogP contribution in [0.2, 0.25) is 0 Å². The van der Waals surface area contributed by atoms with E-state index in [-0.39, 0.29) is 5.82 Å². The Bertz CT molecular complexity index is 627. The fourth-order valence-electron chi connectivity index (χ4n) is 1.95. The van der Waals surface area contributed by atoms with Crippen LogP contribution >= 0.6 is 0 Å². The lowest BCUT2D eigenvalue weighted by molar-refractivity contribution is 0.618. The smallest absolute Gasteiger partial charge is 0.127 e. The molecule has 0 unspecified atom stereocenters. The first kappa shape index (κ1) is 14.3. The Morgan fingerprint density at radius 2 is 1.60 bits per heavy atom. The molecule has 0 aliphatic heterocycles. The van der Waals surface area contributed by atoms with Gasteiger partial charge in [-0.15, -0.1) is 0 Å². The number of rotatable bonds is 3. The highest BCUT2D eigenvalue weighted by molar-refractivity contribution is 5.44. The van der Waals surface area contributed by atoms with Crippen LogP contribution in [0.5, 0.6) is 0 Å². The highest BCUT2D eigenvalue weighted by Crippen LogP contribution is 2.09. The molecule has 0 aromatic heterocycles. The molecule has 0 saturated carbocycles. The first-order valence-electron chi connectivity index (χ1n) is 7.06. The fourth-order valence-corrected chi connectivity index (χ4v) is 1.95. The second kappa shape index (κ2) is 6.91. The van der Waals surface area contributed by atoms with E-state index in [9.17, 15) is 4.39 Å². The maximum Gasteiger partial charge on any atom is 0.127 e. The van der Waals surface area contributed by atoms with Gasteiger partial charge in [-0.1, -0.05) is 43.4 Å². The van der Waals surface area contributed by atoms with Crippen LogP contribution in [-0.2, 0) is 6.42 Å². The van der Waals surface area contributed by atoms with Crippen LogP contribution in [0.25, 0.3) is 0 Å². The van der Waals surface area contributed by atoms with Crippen molar-refractivity contribution in [3.8, 4) is 11.8 Å². The molecule has 2 aromatic carbocycles. The number of hydrogen-bond donors (Lipinski definition) is 0. The predicted octanol–water partition coefficient (Wildman–Crippen LogP) is 4.88. The summed E-state index contributed by atoms with van der Waals surface area (Å²) in [5.41, 5.74) is 3.67. The molecule has 0 atom stereocenters. The average Bonchev–Trinajstić information content (AvgIpc) is 2.47. The normalized spacial score (nSPS) is 9.95. The zero-order valence-electron chi connectivity index (χ0n) is 12.0. The highest BCUT2D eigenvalue weighted by Gasteiger charge is 1.96. The summed E-state index contributed by atoms with van der Waals surface area (Å²) in [5, 5.41) is 0. The Kier molecular flexibility index (Phi) is 4.96. The van der Waals surface area contributed by atoms with Crippen molar-refractivity contribution in [1.29, 1.82) is 0 Å². The average molecular weight is 266 g/mol. The highest BCUT2D eigenvalue weighted by atomic mass is 19.1. The quantitative estimate of drug-likeness (QED) is 0.695. The zero-order chi connectivity index (χ0) is 14.4. The minimum atomic E-state index is -0.202. The van der Waals surface area contributed by atoms with Gasteiger partial charge in [0.2, 0.25) is 0 Å². The molecule has 2 rings (SSSR count). The first-order valence-corrected chi connectivity index (χ1v) is 7.06. The number of halogens is 1. The summed E-state index contributed by atoms with van der Waals surface area (Å²) >= 11 is 0. The van der Waals surface area contributed by atoms with Crippen molar-refractivity contribution >= 4 is 0 Å². The second-order valence-electron chi connectivity index (χ2n) is 5.01. The topological polar surface area (TPSA) is 0 Å². The van der Waals surface area contributed by atoms with Crippen molar-refractivity contribution in [3.05, 3.63) is 70.5 Å². The Balaban J connectivity index is 2.10. The molecule has 0 radical (unpaired) electrons. The molecule has 0 spiro atoms. The molecule has 0 bridgehead atoms. The molecular formula is C19H19F. The second-order valence-corrected chi connectivity index (χ2v) is 5.01. The third kappa shape index (κ3) is 3.96. The van der Waals surface area contributed by atoms with E-state index < -0.39 is 0 Å². The van der Waals surface area contributed by atoms with Crippen molar-refractivity contribution in [3.63, 3.8) is 0 Å². The molecule has 20 heavy (non-hydrogen) atoms. The molecule has 0 N–H and O–H groups in total. The predicted molar refractivity (Wildman–Crippen MR) is 82.2 cm³/mol. The van der Waals surface area contributed by atoms with Crippen LogP contribution in [0.4, 0.5) is 4.39 Å². The maximum absolute atomic E-state index is 13.4. The third-order valence-electron chi connectivity index (χ3n) is 3.30. The van der Waals surface area contributed by atoms with Gasteiger partial charge >= 0.3 is 0 Å². The van der Waals surface area contributed by atoms with Crippen LogP contribution in [0.15, 0.2) is 42.5 Å². The van der Waals surface area contributed by atoms with Crippen molar-refractivity contribution in [1.82, 2.24) is 0 Å². The van der Waals surface area contributed by atoms with Crippen LogP contribution in [0.1, 0.15) is 42.0 Å². The van der Waals surface area contributed by atoms with Gasteiger partial charge in [0.1, 0.15) is 5.82 Å². The van der Waals surface area contributed by atoms with E-state index in [2.05, 4.69) is 30.9 Å². The van der Waals surface area contributed by atoms with Gasteiger partial charge in [0.15, 0.2) is 0 Å². The van der Waals surface area contributed by atoms with Gasteiger partial charge in [-0.3, -0.25) is 0 Å². The Morgan fingerprint density at radius 1 is 0.950 bits per heavy atom. The first-order chi connectivity index (χ1) is 9.69. The van der Waals surface area contributed by atoms with E-state index in [1.54, 1.807) is 13.0 Å². The Morgan fingerprint density at radius 3 is 2.25 bits per heavy atom. The summed E-state index contributed by atoms with van der Waals surface area (Å²) in [5.74, 6) is 5.87. The lowest BCUT2D eigenvalue weighted by Crippen LogP contribution is -1.85. The van der Waals surface area contributed by atoms with E-state index >= 15 is 0 Å². The Labute approximate surface area is 120 Å². The number of unbranched alkanes of at least 4 members (excludes halogenated alkanes) is 1. The fraction of sp³-hybridized carbons (Fsp3) is 0.263. The Hall–Kier alpha value is -2.07. The van der Waals surface area contributed by atoms with E-state index in [1.807, 2.05) is 18.2 Å². The van der Waals surface area contributed by atoms with Gasteiger partial charge in [0, 0.05) is 11.1 Å². The van der Waals surface area contributed by atoms with Gasteiger partial charge in [-0.2, -0.15) is 0 Å². The van der Waals surface area contributed by atoms with Crippen LogP contribution in [-0.4, -0.2) is 0 Å². The van der Waals surface area contributed by atoms with Crippen molar-refractivity contribution in [2.75, 3.05) is 0 Å². The SMILES string of the molecule is CCCCc1ccc(C#Cc2ccc(C)c(F)c2)cc1. The summed E-state index contributed by atoms with van der Waals surface area (Å²) < 4.78 is 13.4. The molecule has 102 valence electrons. The van der Waals surface area contributed by atoms with Crippen LogP contribution in [0, 0.1) is 24.6 Å². The summed E-state index contributed by atoms with van der Waals surface area (Å²) in [6.07, 6.45) is 3.54. The van der Waals surface area contributed by atoms with Crippen LogP contribution in [0.3, 0.4) is 0 Å². The standard InChI is InChI=1S/C19H19F/c1-3-4-5-16-8-10-17(11-9-16)12-13-18-7-6-15(2)19(20)14-18/h6-11,14H,3-5H2,1-2H3. The number of benzene rings is 2. The molecule has 1 heteroatoms.